The van der Waals surface area contributed by atoms with Crippen molar-refractivity contribution in [1.82, 2.24) is 14.7 Å². The summed E-state index contributed by atoms with van der Waals surface area (Å²) in [5.74, 6) is 2.70. The highest BCUT2D eigenvalue weighted by Gasteiger charge is 2.34. The highest BCUT2D eigenvalue weighted by molar-refractivity contribution is 4.90. The van der Waals surface area contributed by atoms with Gasteiger partial charge in [0.15, 0.2) is 0 Å². The minimum atomic E-state index is 0.588. The predicted molar refractivity (Wildman–Crippen MR) is 119 cm³/mol. The summed E-state index contributed by atoms with van der Waals surface area (Å²) in [6.45, 7) is 18.0. The Kier molecular flexibility index (Phi) is 8.64. The fraction of sp³-hybridized carbons (Fsp3) is 1.00. The van der Waals surface area contributed by atoms with Gasteiger partial charge in [-0.1, -0.05) is 13.8 Å². The van der Waals surface area contributed by atoms with E-state index in [0.29, 0.717) is 12.1 Å². The van der Waals surface area contributed by atoms with E-state index >= 15 is 0 Å². The molecule has 2 heterocycles. The topological polar surface area (TPSA) is 19.0 Å². The molecular formula is C24H47N3O. The van der Waals surface area contributed by atoms with E-state index in [1.165, 1.54) is 77.8 Å². The van der Waals surface area contributed by atoms with Gasteiger partial charge in [-0.3, -0.25) is 9.80 Å². The van der Waals surface area contributed by atoms with E-state index in [0.717, 1.165) is 30.4 Å². The van der Waals surface area contributed by atoms with Crippen molar-refractivity contribution in [2.24, 2.45) is 17.8 Å². The minimum Gasteiger partial charge on any atom is -0.383 e. The number of piperazine rings is 1. The summed E-state index contributed by atoms with van der Waals surface area (Å²) in [4.78, 5) is 8.24. The maximum Gasteiger partial charge on any atom is 0.0630 e. The molecule has 164 valence electrons. The normalized spacial score (nSPS) is 32.5. The fourth-order valence-electron chi connectivity index (χ4n) is 5.96. The van der Waals surface area contributed by atoms with Gasteiger partial charge in [-0.2, -0.15) is 0 Å². The maximum atomic E-state index is 5.66. The first-order valence-corrected chi connectivity index (χ1v) is 12.2. The second-order valence-electron chi connectivity index (χ2n) is 10.5. The number of hydrogen-bond donors (Lipinski definition) is 0. The van der Waals surface area contributed by atoms with E-state index in [2.05, 4.69) is 42.4 Å². The van der Waals surface area contributed by atoms with Gasteiger partial charge in [0.25, 0.3) is 0 Å². The Balaban J connectivity index is 1.48. The van der Waals surface area contributed by atoms with Gasteiger partial charge in [0.05, 0.1) is 6.61 Å². The van der Waals surface area contributed by atoms with Crippen LogP contribution in [0.1, 0.15) is 66.2 Å². The monoisotopic (exact) mass is 393 g/mol. The Bertz CT molecular complexity index is 439. The first-order chi connectivity index (χ1) is 13.5. The Morgan fingerprint density at radius 2 is 1.54 bits per heavy atom. The molecule has 0 spiro atoms. The maximum absolute atomic E-state index is 5.66. The summed E-state index contributed by atoms with van der Waals surface area (Å²) < 4.78 is 5.66. The molecular weight excluding hydrogens is 346 g/mol. The molecule has 0 amide bonds. The number of likely N-dealkylation sites (tertiary alicyclic amines) is 1. The van der Waals surface area contributed by atoms with Crippen molar-refractivity contribution in [2.45, 2.75) is 84.3 Å². The second-order valence-corrected chi connectivity index (χ2v) is 10.5. The molecule has 3 rings (SSSR count). The third-order valence-corrected chi connectivity index (χ3v) is 8.07. The standard InChI is InChI=1S/C24H47N3O/c1-19(2)22-6-8-23(9-7-22)27-15-14-26(24(17-27)18-28-5)16-21-10-12-25(13-11-21)20(3)4/h19-24H,6-18H2,1-5H3/t22?,23?,24-/m1/s1. The number of hydrogen-bond acceptors (Lipinski definition) is 4. The van der Waals surface area contributed by atoms with Crippen LogP contribution in [0.15, 0.2) is 0 Å². The van der Waals surface area contributed by atoms with Crippen LogP contribution in [0.2, 0.25) is 0 Å². The molecule has 3 fully saturated rings. The van der Waals surface area contributed by atoms with Crippen LogP contribution in [0.4, 0.5) is 0 Å². The number of methoxy groups -OCH3 is 1. The minimum absolute atomic E-state index is 0.588. The summed E-state index contributed by atoms with van der Waals surface area (Å²) in [5, 5.41) is 0. The van der Waals surface area contributed by atoms with E-state index in [4.69, 9.17) is 4.74 Å². The van der Waals surface area contributed by atoms with Gasteiger partial charge in [0.1, 0.15) is 0 Å². The van der Waals surface area contributed by atoms with E-state index < -0.39 is 0 Å². The van der Waals surface area contributed by atoms with Crippen LogP contribution < -0.4 is 0 Å². The SMILES string of the molecule is COC[C@H]1CN(C2CCC(C(C)C)CC2)CCN1CC1CCN(C(C)C)CC1. The molecule has 0 aromatic rings. The van der Waals surface area contributed by atoms with Crippen molar-refractivity contribution in [3.8, 4) is 0 Å². The van der Waals surface area contributed by atoms with Crippen LogP contribution in [-0.4, -0.2) is 85.8 Å². The largest absolute Gasteiger partial charge is 0.383 e. The zero-order valence-electron chi connectivity index (χ0n) is 19.4. The van der Waals surface area contributed by atoms with Gasteiger partial charge in [0, 0.05) is 51.4 Å². The first-order valence-electron chi connectivity index (χ1n) is 12.2. The molecule has 4 heteroatoms. The Morgan fingerprint density at radius 1 is 0.857 bits per heavy atom. The van der Waals surface area contributed by atoms with Gasteiger partial charge in [-0.25, -0.2) is 0 Å². The average Bonchev–Trinajstić information content (AvgIpc) is 2.70. The molecule has 3 aliphatic rings. The molecule has 0 aromatic heterocycles. The van der Waals surface area contributed by atoms with Gasteiger partial charge in [-0.15, -0.1) is 0 Å². The molecule has 2 aliphatic heterocycles. The zero-order chi connectivity index (χ0) is 20.1. The average molecular weight is 394 g/mol. The summed E-state index contributed by atoms with van der Waals surface area (Å²) in [6, 6.07) is 2.12. The molecule has 0 aromatic carbocycles. The Labute approximate surface area is 175 Å². The van der Waals surface area contributed by atoms with Crippen LogP contribution in [0.3, 0.4) is 0 Å². The quantitative estimate of drug-likeness (QED) is 0.652. The molecule has 1 saturated carbocycles. The number of piperidine rings is 1. The highest BCUT2D eigenvalue weighted by atomic mass is 16.5. The zero-order valence-corrected chi connectivity index (χ0v) is 19.4. The molecule has 0 radical (unpaired) electrons. The van der Waals surface area contributed by atoms with Gasteiger partial charge < -0.3 is 9.64 Å². The van der Waals surface area contributed by atoms with E-state index in [1.54, 1.807) is 0 Å². The van der Waals surface area contributed by atoms with E-state index in [-0.39, 0.29) is 0 Å². The lowest BCUT2D eigenvalue weighted by Crippen LogP contribution is -2.59. The molecule has 1 atom stereocenters. The summed E-state index contributed by atoms with van der Waals surface area (Å²) in [7, 11) is 1.88. The Morgan fingerprint density at radius 3 is 2.11 bits per heavy atom. The van der Waals surface area contributed by atoms with Crippen LogP contribution in [-0.2, 0) is 4.74 Å². The number of ether oxygens (including phenoxy) is 1. The lowest BCUT2D eigenvalue weighted by Gasteiger charge is -2.47. The van der Waals surface area contributed by atoms with Crippen molar-refractivity contribution in [1.29, 1.82) is 0 Å². The highest BCUT2D eigenvalue weighted by Crippen LogP contribution is 2.33. The van der Waals surface area contributed by atoms with Crippen molar-refractivity contribution in [3.63, 3.8) is 0 Å². The molecule has 0 unspecified atom stereocenters. The summed E-state index contributed by atoms with van der Waals surface area (Å²) >= 11 is 0. The number of nitrogens with zero attached hydrogens (tertiary/aromatic N) is 3. The Hall–Kier alpha value is -0.160. The van der Waals surface area contributed by atoms with Crippen LogP contribution in [0, 0.1) is 17.8 Å². The van der Waals surface area contributed by atoms with Crippen LogP contribution >= 0.6 is 0 Å². The fourth-order valence-corrected chi connectivity index (χ4v) is 5.96. The molecule has 1 aliphatic carbocycles. The third kappa shape index (κ3) is 5.93. The molecule has 28 heavy (non-hydrogen) atoms. The van der Waals surface area contributed by atoms with Crippen LogP contribution in [0.5, 0.6) is 0 Å². The predicted octanol–water partition coefficient (Wildman–Crippen LogP) is 3.95. The summed E-state index contributed by atoms with van der Waals surface area (Å²) in [6.07, 6.45) is 8.44. The van der Waals surface area contributed by atoms with Gasteiger partial charge in [0.2, 0.25) is 0 Å². The lowest BCUT2D eigenvalue weighted by molar-refractivity contribution is -0.0135. The first kappa shape index (κ1) is 22.5. The van der Waals surface area contributed by atoms with Gasteiger partial charge >= 0.3 is 0 Å². The molecule has 0 N–H and O–H groups in total. The van der Waals surface area contributed by atoms with Crippen molar-refractivity contribution >= 4 is 0 Å². The van der Waals surface area contributed by atoms with E-state index in [9.17, 15) is 0 Å². The third-order valence-electron chi connectivity index (χ3n) is 8.07. The second kappa shape index (κ2) is 10.7. The van der Waals surface area contributed by atoms with Gasteiger partial charge in [-0.05, 0) is 83.2 Å². The molecule has 4 nitrogen and oxygen atoms in total. The van der Waals surface area contributed by atoms with Crippen molar-refractivity contribution in [3.05, 3.63) is 0 Å². The van der Waals surface area contributed by atoms with Crippen LogP contribution in [0.25, 0.3) is 0 Å². The summed E-state index contributed by atoms with van der Waals surface area (Å²) in [5.41, 5.74) is 0. The van der Waals surface area contributed by atoms with E-state index in [1.807, 2.05) is 7.11 Å². The molecule has 2 saturated heterocycles. The van der Waals surface area contributed by atoms with Crippen molar-refractivity contribution in [2.75, 3.05) is 53.0 Å². The smallest absolute Gasteiger partial charge is 0.0630 e. The number of rotatable bonds is 7. The lowest BCUT2D eigenvalue weighted by atomic mass is 9.79. The van der Waals surface area contributed by atoms with Crippen molar-refractivity contribution < 1.29 is 4.74 Å². The molecule has 0 bridgehead atoms.